The Hall–Kier alpha value is -4.57. The first kappa shape index (κ1) is 29.0. The number of urea groups is 3. The SMILES string of the molecule is CC(C)(ON=C(C(=O)N[C@H]1CN(C(=O)NS(=O)(=O)NC(=O)N2CCN(N)C2=O)C1=O)c1csc(N)n1)C(=O)O. The van der Waals surface area contributed by atoms with Crippen LogP contribution in [0.5, 0.6) is 0 Å². The number of amides is 8. The number of nitrogen functional groups attached to an aromatic ring is 1. The number of carboxylic acids is 1. The van der Waals surface area contributed by atoms with Crippen LogP contribution < -0.4 is 26.3 Å². The number of aromatic nitrogens is 1. The Morgan fingerprint density at radius 1 is 1.18 bits per heavy atom. The van der Waals surface area contributed by atoms with Crippen molar-refractivity contribution in [3.8, 4) is 0 Å². The monoisotopic (exact) mass is 590 g/mol. The van der Waals surface area contributed by atoms with Crippen LogP contribution in [0.4, 0.5) is 19.5 Å². The molecule has 1 atom stereocenters. The van der Waals surface area contributed by atoms with E-state index in [-0.39, 0.29) is 23.9 Å². The Balaban J connectivity index is 1.61. The lowest BCUT2D eigenvalue weighted by Gasteiger charge is -2.36. The maximum atomic E-state index is 12.8. The van der Waals surface area contributed by atoms with Gasteiger partial charge in [-0.15, -0.1) is 11.3 Å². The molecule has 0 aliphatic carbocycles. The zero-order chi connectivity index (χ0) is 29.3. The van der Waals surface area contributed by atoms with E-state index in [4.69, 9.17) is 16.4 Å². The van der Waals surface area contributed by atoms with Gasteiger partial charge in [-0.1, -0.05) is 5.16 Å². The van der Waals surface area contributed by atoms with Crippen molar-refractivity contribution < 1.29 is 47.1 Å². The Kier molecular flexibility index (Phi) is 7.92. The minimum absolute atomic E-state index is 0.0419. The molecule has 0 radical (unpaired) electrons. The lowest BCUT2D eigenvalue weighted by molar-refractivity contribution is -0.161. The fourth-order valence-electron chi connectivity index (χ4n) is 2.85. The van der Waals surface area contributed by atoms with Gasteiger partial charge in [0.2, 0.25) is 5.60 Å². The topological polar surface area (TPSA) is 289 Å². The van der Waals surface area contributed by atoms with Gasteiger partial charge in [0.15, 0.2) is 10.8 Å². The summed E-state index contributed by atoms with van der Waals surface area (Å²) in [6, 6.07) is -5.11. The van der Waals surface area contributed by atoms with Gasteiger partial charge < -0.3 is 21.0 Å². The molecule has 22 heteroatoms. The van der Waals surface area contributed by atoms with Crippen molar-refractivity contribution in [1.29, 1.82) is 0 Å². The van der Waals surface area contributed by atoms with E-state index < -0.39 is 70.0 Å². The number of β-lactam (4-membered cyclic amide) rings is 1. The number of carbonyl (C=O) groups is 6. The first-order valence-corrected chi connectivity index (χ1v) is 12.9. The van der Waals surface area contributed by atoms with E-state index in [0.717, 1.165) is 11.3 Å². The summed E-state index contributed by atoms with van der Waals surface area (Å²) >= 11 is 0.940. The average molecular weight is 591 g/mol. The Bertz CT molecular complexity index is 1370. The number of nitrogens with zero attached hydrogens (tertiary/aromatic N) is 5. The number of oxime groups is 1. The number of nitrogens with one attached hydrogen (secondary N) is 3. The van der Waals surface area contributed by atoms with Gasteiger partial charge in [0.1, 0.15) is 11.7 Å². The Morgan fingerprint density at radius 2 is 1.79 bits per heavy atom. The largest absolute Gasteiger partial charge is 0.478 e. The van der Waals surface area contributed by atoms with E-state index in [2.05, 4.69) is 15.5 Å². The van der Waals surface area contributed by atoms with Gasteiger partial charge in [0, 0.05) is 5.38 Å². The van der Waals surface area contributed by atoms with E-state index in [1.165, 1.54) is 28.7 Å². The van der Waals surface area contributed by atoms with Crippen LogP contribution in [0.3, 0.4) is 0 Å². The van der Waals surface area contributed by atoms with Crippen molar-refractivity contribution in [1.82, 2.24) is 34.6 Å². The number of imide groups is 2. The molecule has 0 bridgehead atoms. The Labute approximate surface area is 223 Å². The number of aliphatic carboxylic acids is 1. The zero-order valence-electron chi connectivity index (χ0n) is 20.1. The second-order valence-corrected chi connectivity index (χ2v) is 10.6. The molecule has 1 aromatic rings. The summed E-state index contributed by atoms with van der Waals surface area (Å²) in [5, 5.41) is 17.0. The van der Waals surface area contributed by atoms with E-state index in [1.54, 1.807) is 0 Å². The maximum Gasteiger partial charge on any atom is 0.350 e. The first-order chi connectivity index (χ1) is 18.0. The Morgan fingerprint density at radius 3 is 2.28 bits per heavy atom. The average Bonchev–Trinajstić information content (AvgIpc) is 3.40. The van der Waals surface area contributed by atoms with Crippen LogP contribution in [0.1, 0.15) is 19.5 Å². The van der Waals surface area contributed by atoms with Crippen LogP contribution in [0.25, 0.3) is 0 Å². The number of carbonyl (C=O) groups excluding carboxylic acids is 5. The molecule has 1 aromatic heterocycles. The molecule has 0 unspecified atom stereocenters. The number of anilines is 1. The van der Waals surface area contributed by atoms with Crippen LogP contribution in [0.15, 0.2) is 10.5 Å². The molecule has 2 saturated heterocycles. The molecule has 8 N–H and O–H groups in total. The quantitative estimate of drug-likeness (QED) is 0.0576. The van der Waals surface area contributed by atoms with Gasteiger partial charge in [-0.05, 0) is 13.8 Å². The third-order valence-corrected chi connectivity index (χ3v) is 6.63. The van der Waals surface area contributed by atoms with Crippen LogP contribution in [-0.4, -0.2) is 106 Å². The molecule has 2 fully saturated rings. The van der Waals surface area contributed by atoms with Gasteiger partial charge in [0.05, 0.1) is 19.6 Å². The second-order valence-electron chi connectivity index (χ2n) is 8.34. The molecule has 3 rings (SSSR count). The highest BCUT2D eigenvalue weighted by molar-refractivity contribution is 7.88. The van der Waals surface area contributed by atoms with E-state index >= 15 is 0 Å². The molecule has 3 heterocycles. The molecule has 0 saturated carbocycles. The molecule has 212 valence electrons. The molecule has 20 nitrogen and oxygen atoms in total. The van der Waals surface area contributed by atoms with Crippen LogP contribution in [0.2, 0.25) is 0 Å². The highest BCUT2D eigenvalue weighted by Gasteiger charge is 2.44. The molecule has 8 amide bonds. The molecule has 0 aromatic carbocycles. The van der Waals surface area contributed by atoms with Gasteiger partial charge in [0.25, 0.3) is 11.8 Å². The van der Waals surface area contributed by atoms with Gasteiger partial charge in [-0.3, -0.25) is 19.5 Å². The summed E-state index contributed by atoms with van der Waals surface area (Å²) in [7, 11) is -4.86. The number of nitrogens with two attached hydrogens (primary N) is 2. The lowest BCUT2D eigenvalue weighted by atomic mass is 10.1. The fourth-order valence-corrected chi connectivity index (χ4v) is 4.13. The normalized spacial score (nSPS) is 18.0. The van der Waals surface area contributed by atoms with Crippen molar-refractivity contribution in [3.63, 3.8) is 0 Å². The zero-order valence-corrected chi connectivity index (χ0v) is 21.7. The molecule has 2 aliphatic heterocycles. The summed E-state index contributed by atoms with van der Waals surface area (Å²) in [5.74, 6) is 1.85. The predicted octanol–water partition coefficient (Wildman–Crippen LogP) is -3.09. The number of likely N-dealkylation sites (tertiary alicyclic amines) is 1. The number of carboxylic acid groups (broad SMARTS) is 1. The summed E-state index contributed by atoms with van der Waals surface area (Å²) in [4.78, 5) is 82.2. The van der Waals surface area contributed by atoms with Gasteiger partial charge in [-0.2, -0.15) is 8.42 Å². The smallest absolute Gasteiger partial charge is 0.350 e. The first-order valence-electron chi connectivity index (χ1n) is 10.6. The van der Waals surface area contributed by atoms with Crippen LogP contribution in [0, 0.1) is 0 Å². The van der Waals surface area contributed by atoms with Crippen molar-refractivity contribution in [2.24, 2.45) is 11.0 Å². The summed E-state index contributed by atoms with van der Waals surface area (Å²) < 4.78 is 27.1. The lowest BCUT2D eigenvalue weighted by Crippen LogP contribution is -2.68. The molecular weight excluding hydrogens is 568 g/mol. The maximum absolute atomic E-state index is 12.8. The molecule has 39 heavy (non-hydrogen) atoms. The number of hydrazine groups is 1. The summed E-state index contributed by atoms with van der Waals surface area (Å²) in [6.45, 7) is 1.61. The van der Waals surface area contributed by atoms with Crippen molar-refractivity contribution in [2.45, 2.75) is 25.5 Å². The molecule has 2 aliphatic rings. The van der Waals surface area contributed by atoms with Crippen molar-refractivity contribution in [2.75, 3.05) is 25.4 Å². The minimum atomic E-state index is -4.86. The number of hydrogen-bond donors (Lipinski definition) is 6. The standard InChI is InChI=1S/C17H22N10O10S2/c1-17(2,12(30)31)37-22-9(8-6-38-13(18)21-8)10(28)20-7-5-26(11(7)29)15(33)24-39(35,36)23-14(32)25-3-4-27(19)16(25)34/h6-7H,3-5,19H2,1-2H3,(H2,18,21)(H,20,28)(H,23,32)(H,24,33)(H,30,31)/t7-/m0/s1. The van der Waals surface area contributed by atoms with Crippen molar-refractivity contribution in [3.05, 3.63) is 11.1 Å². The second kappa shape index (κ2) is 10.7. The van der Waals surface area contributed by atoms with Gasteiger partial charge >= 0.3 is 34.3 Å². The molecular formula is C17H22N10O10S2. The third kappa shape index (κ3) is 6.47. The number of thiazole rings is 1. The van der Waals surface area contributed by atoms with E-state index in [9.17, 15) is 42.3 Å². The van der Waals surface area contributed by atoms with Gasteiger partial charge in [-0.25, -0.2) is 44.3 Å². The van der Waals surface area contributed by atoms with E-state index in [0.29, 0.717) is 14.8 Å². The third-order valence-electron chi connectivity index (χ3n) is 5.07. The summed E-state index contributed by atoms with van der Waals surface area (Å²) in [5.41, 5.74) is 3.12. The van der Waals surface area contributed by atoms with E-state index in [1.807, 2.05) is 0 Å². The fraction of sp³-hybridized carbons (Fsp3) is 0.412. The minimum Gasteiger partial charge on any atom is -0.478 e. The highest BCUT2D eigenvalue weighted by atomic mass is 32.2. The number of hydrogen-bond acceptors (Lipinski definition) is 14. The van der Waals surface area contributed by atoms with Crippen LogP contribution >= 0.6 is 11.3 Å². The van der Waals surface area contributed by atoms with Crippen molar-refractivity contribution >= 4 is 68.3 Å². The number of rotatable bonds is 8. The summed E-state index contributed by atoms with van der Waals surface area (Å²) in [6.07, 6.45) is 0. The molecule has 0 spiro atoms. The predicted molar refractivity (Wildman–Crippen MR) is 128 cm³/mol. The van der Waals surface area contributed by atoms with Crippen LogP contribution in [-0.2, 0) is 29.4 Å². The highest BCUT2D eigenvalue weighted by Crippen LogP contribution is 2.17.